The van der Waals surface area contributed by atoms with Crippen molar-refractivity contribution in [3.05, 3.63) is 83.3 Å². The van der Waals surface area contributed by atoms with Gasteiger partial charge in [0, 0.05) is 5.02 Å². The molecular weight excluding hydrogens is 448 g/mol. The monoisotopic (exact) mass is 466 g/mol. The van der Waals surface area contributed by atoms with Crippen LogP contribution in [0.25, 0.3) is 0 Å². The van der Waals surface area contributed by atoms with Crippen LogP contribution in [-0.4, -0.2) is 30.5 Å². The van der Waals surface area contributed by atoms with Crippen molar-refractivity contribution in [1.29, 1.82) is 0 Å². The third kappa shape index (κ3) is 3.57. The van der Waals surface area contributed by atoms with Crippen molar-refractivity contribution in [2.75, 3.05) is 16.6 Å². The normalized spacial score (nSPS) is 22.1. The maximum absolute atomic E-state index is 13.5. The fraction of sp³-hybridized carbons (Fsp3) is 0.208. The fourth-order valence-electron chi connectivity index (χ4n) is 4.19. The summed E-state index contributed by atoms with van der Waals surface area (Å²) >= 11 is 6.01. The predicted molar refractivity (Wildman–Crippen MR) is 119 cm³/mol. The first-order chi connectivity index (χ1) is 16.0. The molecular formula is C24H19ClN2O6. The van der Waals surface area contributed by atoms with Crippen LogP contribution in [0.2, 0.25) is 5.02 Å². The number of amides is 2. The minimum Gasteiger partial charge on any atom is -0.467 e. The van der Waals surface area contributed by atoms with Gasteiger partial charge in [-0.05, 0) is 67.6 Å². The van der Waals surface area contributed by atoms with Gasteiger partial charge >= 0.3 is 5.97 Å². The van der Waals surface area contributed by atoms with Crippen molar-refractivity contribution in [2.45, 2.75) is 19.1 Å². The lowest BCUT2D eigenvalue weighted by molar-refractivity contribution is -0.126. The number of imide groups is 1. The molecule has 0 bridgehead atoms. The average molecular weight is 467 g/mol. The number of ether oxygens (including phenoxy) is 1. The van der Waals surface area contributed by atoms with Crippen molar-refractivity contribution in [1.82, 2.24) is 0 Å². The van der Waals surface area contributed by atoms with E-state index in [4.69, 9.17) is 25.6 Å². The smallest absolute Gasteiger partial charge is 0.338 e. The number of furan rings is 1. The molecule has 1 aromatic heterocycles. The maximum atomic E-state index is 13.5. The van der Waals surface area contributed by atoms with Crippen LogP contribution in [0, 0.1) is 5.92 Å². The molecule has 0 unspecified atom stereocenters. The number of nitrogens with zero attached hydrogens (tertiary/aromatic N) is 2. The Labute approximate surface area is 194 Å². The summed E-state index contributed by atoms with van der Waals surface area (Å²) in [5.41, 5.74) is 1.33. The first kappa shape index (κ1) is 21.2. The molecule has 3 aromatic rings. The standard InChI is InChI=1S/C24H19ClN2O6/c1-2-31-24(30)14-5-9-16(10-6-14)26-22(28)19-20(18-4-3-13-32-18)27(33-21(19)23(26)29)17-11-7-15(25)8-12-17/h3-13,19-21H,2H2,1H3/t19-,20+,21-/m0/s1. The Morgan fingerprint density at radius 2 is 1.70 bits per heavy atom. The Hall–Kier alpha value is -3.62. The summed E-state index contributed by atoms with van der Waals surface area (Å²) in [6.07, 6.45) is 0.489. The molecule has 0 spiro atoms. The molecule has 8 nitrogen and oxygen atoms in total. The Kier molecular flexibility index (Phi) is 5.39. The van der Waals surface area contributed by atoms with Gasteiger partial charge in [-0.3, -0.25) is 14.4 Å². The molecule has 168 valence electrons. The lowest BCUT2D eigenvalue weighted by Gasteiger charge is -2.27. The number of anilines is 2. The Balaban J connectivity index is 1.48. The fourth-order valence-corrected chi connectivity index (χ4v) is 4.32. The number of fused-ring (bicyclic) bond motifs is 1. The summed E-state index contributed by atoms with van der Waals surface area (Å²) in [7, 11) is 0. The van der Waals surface area contributed by atoms with E-state index in [1.165, 1.54) is 23.5 Å². The number of carbonyl (C=O) groups excluding carboxylic acids is 3. The topological polar surface area (TPSA) is 89.3 Å². The third-order valence-corrected chi connectivity index (χ3v) is 5.92. The van der Waals surface area contributed by atoms with E-state index in [0.29, 0.717) is 27.7 Å². The molecule has 2 saturated heterocycles. The molecule has 9 heteroatoms. The van der Waals surface area contributed by atoms with Crippen LogP contribution in [0.5, 0.6) is 0 Å². The van der Waals surface area contributed by atoms with E-state index >= 15 is 0 Å². The lowest BCUT2D eigenvalue weighted by Crippen LogP contribution is -2.37. The number of esters is 1. The Bertz CT molecular complexity index is 1190. The van der Waals surface area contributed by atoms with Crippen molar-refractivity contribution in [3.63, 3.8) is 0 Å². The van der Waals surface area contributed by atoms with Crippen LogP contribution < -0.4 is 9.96 Å². The zero-order valence-corrected chi connectivity index (χ0v) is 18.3. The molecule has 5 rings (SSSR count). The second kappa shape index (κ2) is 8.38. The van der Waals surface area contributed by atoms with Gasteiger partial charge in [-0.1, -0.05) is 11.6 Å². The first-order valence-corrected chi connectivity index (χ1v) is 10.8. The molecule has 0 N–H and O–H groups in total. The highest BCUT2D eigenvalue weighted by atomic mass is 35.5. The highest BCUT2D eigenvalue weighted by molar-refractivity contribution is 6.30. The lowest BCUT2D eigenvalue weighted by atomic mass is 9.94. The van der Waals surface area contributed by atoms with E-state index in [9.17, 15) is 14.4 Å². The van der Waals surface area contributed by atoms with Gasteiger partial charge in [-0.2, -0.15) is 0 Å². The van der Waals surface area contributed by atoms with E-state index in [1.54, 1.807) is 55.5 Å². The maximum Gasteiger partial charge on any atom is 0.338 e. The summed E-state index contributed by atoms with van der Waals surface area (Å²) in [5.74, 6) is -1.68. The minimum atomic E-state index is -1.02. The number of hydroxylamine groups is 1. The highest BCUT2D eigenvalue weighted by Gasteiger charge is 2.61. The quantitative estimate of drug-likeness (QED) is 0.412. The third-order valence-electron chi connectivity index (χ3n) is 5.67. The van der Waals surface area contributed by atoms with Gasteiger partial charge in [0.2, 0.25) is 5.91 Å². The van der Waals surface area contributed by atoms with Gasteiger partial charge in [0.1, 0.15) is 17.7 Å². The first-order valence-electron chi connectivity index (χ1n) is 10.4. The summed E-state index contributed by atoms with van der Waals surface area (Å²) < 4.78 is 10.6. The van der Waals surface area contributed by atoms with Gasteiger partial charge in [0.05, 0.1) is 29.8 Å². The summed E-state index contributed by atoms with van der Waals surface area (Å²) in [5, 5.41) is 2.08. The zero-order valence-electron chi connectivity index (χ0n) is 17.5. The average Bonchev–Trinajstić information content (AvgIpc) is 3.52. The molecule has 0 aliphatic carbocycles. The number of benzene rings is 2. The van der Waals surface area contributed by atoms with E-state index in [1.807, 2.05) is 0 Å². The van der Waals surface area contributed by atoms with Crippen LogP contribution in [0.3, 0.4) is 0 Å². The largest absolute Gasteiger partial charge is 0.467 e. The molecule has 2 fully saturated rings. The molecule has 3 heterocycles. The van der Waals surface area contributed by atoms with Crippen LogP contribution in [0.4, 0.5) is 11.4 Å². The van der Waals surface area contributed by atoms with E-state index in [0.717, 1.165) is 4.90 Å². The van der Waals surface area contributed by atoms with Crippen LogP contribution in [0.1, 0.15) is 29.1 Å². The SMILES string of the molecule is CCOC(=O)c1ccc(N2C(=O)[C@@H]3[C@H](ON(c4ccc(Cl)cc4)[C@@H]3c3ccco3)C2=O)cc1. The van der Waals surface area contributed by atoms with Gasteiger partial charge in [0.25, 0.3) is 5.91 Å². The van der Waals surface area contributed by atoms with Gasteiger partial charge in [-0.15, -0.1) is 0 Å². The second-order valence-electron chi connectivity index (χ2n) is 7.59. The molecule has 2 aliphatic rings. The van der Waals surface area contributed by atoms with E-state index in [-0.39, 0.29) is 6.61 Å². The Morgan fingerprint density at radius 1 is 1.00 bits per heavy atom. The molecule has 0 saturated carbocycles. The van der Waals surface area contributed by atoms with Crippen LogP contribution in [-0.2, 0) is 19.2 Å². The molecule has 2 amide bonds. The number of rotatable bonds is 5. The van der Waals surface area contributed by atoms with Gasteiger partial charge in [0.15, 0.2) is 6.10 Å². The number of carbonyl (C=O) groups is 3. The molecule has 0 radical (unpaired) electrons. The van der Waals surface area contributed by atoms with E-state index in [2.05, 4.69) is 0 Å². The van der Waals surface area contributed by atoms with Crippen molar-refractivity contribution < 1.29 is 28.4 Å². The molecule has 2 aromatic carbocycles. The highest BCUT2D eigenvalue weighted by Crippen LogP contribution is 2.47. The molecule has 33 heavy (non-hydrogen) atoms. The van der Waals surface area contributed by atoms with Crippen molar-refractivity contribution >= 4 is 40.8 Å². The summed E-state index contributed by atoms with van der Waals surface area (Å²) in [6.45, 7) is 1.97. The molecule has 3 atom stereocenters. The number of hydrogen-bond donors (Lipinski definition) is 0. The van der Waals surface area contributed by atoms with Crippen LogP contribution >= 0.6 is 11.6 Å². The zero-order chi connectivity index (χ0) is 23.1. The number of hydrogen-bond acceptors (Lipinski definition) is 7. The molecule has 2 aliphatic heterocycles. The Morgan fingerprint density at radius 3 is 2.33 bits per heavy atom. The number of halogens is 1. The van der Waals surface area contributed by atoms with Crippen molar-refractivity contribution in [2.24, 2.45) is 5.92 Å². The second-order valence-corrected chi connectivity index (χ2v) is 8.03. The van der Waals surface area contributed by atoms with E-state index < -0.39 is 35.8 Å². The van der Waals surface area contributed by atoms with Gasteiger partial charge < -0.3 is 9.15 Å². The minimum absolute atomic E-state index is 0.253. The predicted octanol–water partition coefficient (Wildman–Crippen LogP) is 4.16. The van der Waals surface area contributed by atoms with Crippen molar-refractivity contribution in [3.8, 4) is 0 Å². The summed E-state index contributed by atoms with van der Waals surface area (Å²) in [4.78, 5) is 45.8. The van der Waals surface area contributed by atoms with Crippen LogP contribution in [0.15, 0.2) is 71.3 Å². The summed E-state index contributed by atoms with van der Waals surface area (Å²) in [6, 6.07) is 15.9. The van der Waals surface area contributed by atoms with Gasteiger partial charge in [-0.25, -0.2) is 14.8 Å².